The summed E-state index contributed by atoms with van der Waals surface area (Å²) in [5.74, 6) is 0.479. The van der Waals surface area contributed by atoms with E-state index in [1.165, 1.54) is 17.3 Å². The first kappa shape index (κ1) is 17.8. The molecule has 142 valence electrons. The highest BCUT2D eigenvalue weighted by molar-refractivity contribution is 6.28. The van der Waals surface area contributed by atoms with Crippen molar-refractivity contribution in [3.8, 4) is 0 Å². The number of fused-ring (bicyclic) bond motifs is 1. The lowest BCUT2D eigenvalue weighted by Crippen LogP contribution is -2.35. The van der Waals surface area contributed by atoms with Gasteiger partial charge in [0.15, 0.2) is 23.2 Å². The number of piperidine rings is 1. The maximum absolute atomic E-state index is 10.3. The summed E-state index contributed by atoms with van der Waals surface area (Å²) in [4.78, 5) is 12.8. The van der Waals surface area contributed by atoms with Gasteiger partial charge < -0.3 is 25.5 Å². The van der Waals surface area contributed by atoms with Gasteiger partial charge in [0, 0.05) is 13.1 Å². The minimum atomic E-state index is -1.23. The van der Waals surface area contributed by atoms with Gasteiger partial charge >= 0.3 is 0 Å². The van der Waals surface area contributed by atoms with Crippen LogP contribution in [0.4, 0.5) is 5.82 Å². The molecule has 26 heavy (non-hydrogen) atoms. The smallest absolute Gasteiger partial charge is 0.226 e. The SMILES string of the molecule is OC[C@H]1OC(n2cnc3c(NN4CCCCC4)nc(Cl)nc32)[C@H](O)[C@@H]1O. The topological polar surface area (TPSA) is 129 Å². The highest BCUT2D eigenvalue weighted by atomic mass is 35.5. The highest BCUT2D eigenvalue weighted by Crippen LogP contribution is 2.32. The Morgan fingerprint density at radius 3 is 2.65 bits per heavy atom. The molecule has 4 rings (SSSR count). The van der Waals surface area contributed by atoms with E-state index >= 15 is 0 Å². The maximum Gasteiger partial charge on any atom is 0.226 e. The molecule has 0 amide bonds. The van der Waals surface area contributed by atoms with Crippen molar-refractivity contribution in [2.75, 3.05) is 25.1 Å². The number of halogens is 1. The second-order valence-corrected chi connectivity index (χ2v) is 6.89. The summed E-state index contributed by atoms with van der Waals surface area (Å²) in [7, 11) is 0. The fraction of sp³-hybridized carbons (Fsp3) is 0.667. The molecular weight excluding hydrogens is 364 g/mol. The number of rotatable bonds is 4. The van der Waals surface area contributed by atoms with E-state index in [0.717, 1.165) is 25.9 Å². The van der Waals surface area contributed by atoms with E-state index in [2.05, 4.69) is 25.4 Å². The first-order valence-electron chi connectivity index (χ1n) is 8.62. The van der Waals surface area contributed by atoms with E-state index in [-0.39, 0.29) is 5.28 Å². The minimum absolute atomic E-state index is 0.0329. The zero-order chi connectivity index (χ0) is 18.3. The largest absolute Gasteiger partial charge is 0.394 e. The number of imidazole rings is 1. The molecule has 4 heterocycles. The average Bonchev–Trinajstić information content (AvgIpc) is 3.17. The van der Waals surface area contributed by atoms with Gasteiger partial charge in [0.2, 0.25) is 5.28 Å². The maximum atomic E-state index is 10.3. The van der Waals surface area contributed by atoms with Crippen LogP contribution in [0, 0.1) is 0 Å². The van der Waals surface area contributed by atoms with Crippen LogP contribution in [0.25, 0.3) is 11.2 Å². The molecule has 10 nitrogen and oxygen atoms in total. The van der Waals surface area contributed by atoms with Gasteiger partial charge in [-0.25, -0.2) is 9.99 Å². The van der Waals surface area contributed by atoms with Crippen molar-refractivity contribution in [3.05, 3.63) is 11.6 Å². The number of ether oxygens (including phenoxy) is 1. The van der Waals surface area contributed by atoms with Crippen LogP contribution in [0.2, 0.25) is 5.28 Å². The fourth-order valence-electron chi connectivity index (χ4n) is 3.42. The third kappa shape index (κ3) is 3.13. The van der Waals surface area contributed by atoms with E-state index in [1.54, 1.807) is 0 Å². The lowest BCUT2D eigenvalue weighted by atomic mass is 10.1. The number of aromatic nitrogens is 4. The predicted octanol–water partition coefficient (Wildman–Crippen LogP) is -0.0960. The van der Waals surface area contributed by atoms with Crippen LogP contribution in [0.5, 0.6) is 0 Å². The zero-order valence-electron chi connectivity index (χ0n) is 14.0. The summed E-state index contributed by atoms with van der Waals surface area (Å²) in [6.45, 7) is 1.40. The number of anilines is 1. The van der Waals surface area contributed by atoms with Crippen LogP contribution in [0.15, 0.2) is 6.33 Å². The van der Waals surface area contributed by atoms with Crippen molar-refractivity contribution >= 4 is 28.6 Å². The highest BCUT2D eigenvalue weighted by Gasteiger charge is 2.44. The van der Waals surface area contributed by atoms with Gasteiger partial charge in [0.05, 0.1) is 12.9 Å². The van der Waals surface area contributed by atoms with Crippen molar-refractivity contribution in [1.82, 2.24) is 24.5 Å². The van der Waals surface area contributed by atoms with Crippen LogP contribution < -0.4 is 5.43 Å². The number of hydrogen-bond donors (Lipinski definition) is 4. The molecular formula is C15H21ClN6O4. The van der Waals surface area contributed by atoms with Crippen molar-refractivity contribution in [1.29, 1.82) is 0 Å². The third-order valence-electron chi connectivity index (χ3n) is 4.81. The number of hydrazine groups is 1. The first-order valence-corrected chi connectivity index (χ1v) is 9.00. The molecule has 1 unspecified atom stereocenters. The molecule has 2 aliphatic heterocycles. The normalized spacial score (nSPS) is 30.2. The summed E-state index contributed by atoms with van der Waals surface area (Å²) < 4.78 is 7.05. The van der Waals surface area contributed by atoms with Crippen LogP contribution in [0.3, 0.4) is 0 Å². The molecule has 0 aromatic carbocycles. The summed E-state index contributed by atoms with van der Waals surface area (Å²) in [6.07, 6.45) is 0.631. The Hall–Kier alpha value is -1.56. The second-order valence-electron chi connectivity index (χ2n) is 6.55. The molecule has 11 heteroatoms. The summed E-state index contributed by atoms with van der Waals surface area (Å²) >= 11 is 6.08. The Morgan fingerprint density at radius 1 is 1.19 bits per heavy atom. The minimum Gasteiger partial charge on any atom is -0.394 e. The van der Waals surface area contributed by atoms with Gasteiger partial charge in [-0.05, 0) is 24.4 Å². The molecule has 4 N–H and O–H groups in total. The van der Waals surface area contributed by atoms with Gasteiger partial charge in [-0.15, -0.1) is 0 Å². The standard InChI is InChI=1S/C15H21ClN6O4/c16-15-18-12(20-21-4-2-1-3-5-21)9-13(19-15)22(7-17-9)14-11(25)10(24)8(6-23)26-14/h7-8,10-11,14,23-25H,1-6H2,(H,18,19,20)/t8-,10-,11-,14?/m1/s1. The lowest BCUT2D eigenvalue weighted by molar-refractivity contribution is -0.0511. The summed E-state index contributed by atoms with van der Waals surface area (Å²) in [5.41, 5.74) is 4.10. The molecule has 0 spiro atoms. The third-order valence-corrected chi connectivity index (χ3v) is 4.97. The van der Waals surface area contributed by atoms with Gasteiger partial charge in [-0.2, -0.15) is 9.97 Å². The molecule has 0 aliphatic carbocycles. The molecule has 0 saturated carbocycles. The number of aliphatic hydroxyl groups excluding tert-OH is 3. The lowest BCUT2D eigenvalue weighted by Gasteiger charge is -2.27. The Morgan fingerprint density at radius 2 is 1.96 bits per heavy atom. The van der Waals surface area contributed by atoms with Gasteiger partial charge in [-0.3, -0.25) is 4.57 Å². The van der Waals surface area contributed by atoms with Crippen molar-refractivity contribution in [2.45, 2.75) is 43.8 Å². The molecule has 2 saturated heterocycles. The molecule has 0 bridgehead atoms. The predicted molar refractivity (Wildman–Crippen MR) is 92.4 cm³/mol. The second kappa shape index (κ2) is 7.22. The van der Waals surface area contributed by atoms with Crippen molar-refractivity contribution in [2.24, 2.45) is 0 Å². The van der Waals surface area contributed by atoms with Crippen LogP contribution in [-0.4, -0.2) is 77.9 Å². The average molecular weight is 385 g/mol. The molecule has 2 aromatic heterocycles. The van der Waals surface area contributed by atoms with E-state index in [1.807, 2.05) is 0 Å². The van der Waals surface area contributed by atoms with E-state index in [0.29, 0.717) is 17.0 Å². The number of nitrogens with zero attached hydrogens (tertiary/aromatic N) is 5. The van der Waals surface area contributed by atoms with Gasteiger partial charge in [0.1, 0.15) is 18.3 Å². The van der Waals surface area contributed by atoms with Crippen LogP contribution in [0.1, 0.15) is 25.5 Å². The Kier molecular flexibility index (Phi) is 4.95. The quantitative estimate of drug-likeness (QED) is 0.534. The van der Waals surface area contributed by atoms with Gasteiger partial charge in [-0.1, -0.05) is 6.42 Å². The van der Waals surface area contributed by atoms with E-state index < -0.39 is 31.1 Å². The molecule has 2 fully saturated rings. The Bertz CT molecular complexity index is 783. The molecule has 2 aliphatic rings. The molecule has 4 atom stereocenters. The monoisotopic (exact) mass is 384 g/mol. The van der Waals surface area contributed by atoms with E-state index in [4.69, 9.17) is 16.3 Å². The number of nitrogens with one attached hydrogen (secondary N) is 1. The first-order chi connectivity index (χ1) is 12.6. The molecule has 2 aromatic rings. The van der Waals surface area contributed by atoms with Crippen molar-refractivity contribution in [3.63, 3.8) is 0 Å². The zero-order valence-corrected chi connectivity index (χ0v) is 14.7. The van der Waals surface area contributed by atoms with Crippen molar-refractivity contribution < 1.29 is 20.1 Å². The summed E-state index contributed by atoms with van der Waals surface area (Å²) in [5, 5.41) is 31.6. The van der Waals surface area contributed by atoms with Crippen LogP contribution >= 0.6 is 11.6 Å². The Labute approximate surface area is 154 Å². The van der Waals surface area contributed by atoms with Crippen LogP contribution in [-0.2, 0) is 4.74 Å². The van der Waals surface area contributed by atoms with E-state index in [9.17, 15) is 15.3 Å². The fourth-order valence-corrected chi connectivity index (χ4v) is 3.58. The molecule has 0 radical (unpaired) electrons. The van der Waals surface area contributed by atoms with Gasteiger partial charge in [0.25, 0.3) is 0 Å². The Balaban J connectivity index is 1.67. The number of aliphatic hydroxyl groups is 3. The summed E-state index contributed by atoms with van der Waals surface area (Å²) in [6, 6.07) is 0. The number of hydrogen-bond acceptors (Lipinski definition) is 9.